The van der Waals surface area contributed by atoms with E-state index in [0.717, 1.165) is 61.6 Å². The van der Waals surface area contributed by atoms with Crippen LogP contribution >= 0.6 is 0 Å². The summed E-state index contributed by atoms with van der Waals surface area (Å²) in [6, 6.07) is 102. The first-order valence-corrected chi connectivity index (χ1v) is 25.5. The molecule has 0 saturated carbocycles. The van der Waals surface area contributed by atoms with E-state index in [1.54, 1.807) is 0 Å². The largest absolute Gasteiger partial charge is 0.455 e. The molecular weight excluding hydrogens is 897 g/mol. The summed E-state index contributed by atoms with van der Waals surface area (Å²) < 4.78 is 7.10. The van der Waals surface area contributed by atoms with Gasteiger partial charge in [-0.25, -0.2) is 0 Å². The van der Waals surface area contributed by atoms with Crippen molar-refractivity contribution in [3.8, 4) is 44.5 Å². The van der Waals surface area contributed by atoms with Gasteiger partial charge in [0.05, 0.1) is 5.41 Å². The molecule has 74 heavy (non-hydrogen) atoms. The van der Waals surface area contributed by atoms with Gasteiger partial charge >= 0.3 is 0 Å². The number of anilines is 6. The van der Waals surface area contributed by atoms with Crippen LogP contribution in [0.4, 0.5) is 34.1 Å². The molecule has 0 aliphatic heterocycles. The zero-order valence-electron chi connectivity index (χ0n) is 40.4. The Hall–Kier alpha value is -9.70. The second-order valence-electron chi connectivity index (χ2n) is 19.5. The fourth-order valence-corrected chi connectivity index (χ4v) is 12.4. The van der Waals surface area contributed by atoms with Crippen LogP contribution in [0.3, 0.4) is 0 Å². The maximum Gasteiger partial charge on any atom is 0.143 e. The summed E-state index contributed by atoms with van der Waals surface area (Å²) in [5.74, 6) is 0. The molecule has 0 saturated heterocycles. The van der Waals surface area contributed by atoms with E-state index in [2.05, 4.69) is 289 Å². The number of furan rings is 1. The molecule has 1 aromatic heterocycles. The number of para-hydroxylation sites is 3. The molecule has 0 amide bonds. The summed E-state index contributed by atoms with van der Waals surface area (Å²) in [5.41, 5.74) is 22.0. The number of hydrogen-bond acceptors (Lipinski definition) is 3. The minimum atomic E-state index is -0.772. The second-order valence-corrected chi connectivity index (χ2v) is 19.5. The molecule has 3 heteroatoms. The number of rotatable bonds is 8. The third kappa shape index (κ3) is 6.33. The fourth-order valence-electron chi connectivity index (χ4n) is 12.4. The monoisotopic (exact) mass is 942 g/mol. The standard InChI is InChI=1S/C71H46N2O/c1-5-17-47(18-6-1)49-31-35-54(36-32-49)72(52-23-9-3-10-24-52)56-39-41-58-59-42-40-57(73(53-25-11-4-12-26-53)55-37-33-50(34-38-55)48-19-7-2-8-20-48)46-66(59)71(65(58)45-56)63-29-16-22-51-21-15-28-62(68(51)63)69-64(71)44-43-61-60-27-13-14-30-67(60)74-70(61)69/h1-46H. The van der Waals surface area contributed by atoms with E-state index in [9.17, 15) is 0 Å². The maximum absolute atomic E-state index is 7.10. The van der Waals surface area contributed by atoms with E-state index < -0.39 is 5.41 Å². The predicted octanol–water partition coefficient (Wildman–Crippen LogP) is 19.4. The van der Waals surface area contributed by atoms with Gasteiger partial charge in [0.1, 0.15) is 11.2 Å². The minimum Gasteiger partial charge on any atom is -0.455 e. The van der Waals surface area contributed by atoms with Crippen molar-refractivity contribution in [2.75, 3.05) is 9.80 Å². The summed E-state index contributed by atoms with van der Waals surface area (Å²) in [4.78, 5) is 4.82. The molecule has 2 aliphatic carbocycles. The van der Waals surface area contributed by atoms with Gasteiger partial charge in [0.25, 0.3) is 0 Å². The molecule has 1 spiro atoms. The SMILES string of the molecule is c1ccc(-c2ccc(N(c3ccccc3)c3ccc4c(c3)C3(c5cc(N(c6ccccc6)c6ccc(-c7ccccc7)cc6)ccc5-4)c4ccc5c(oc6ccccc65)c4-c4cccc5cccc3c45)cc2)cc1. The van der Waals surface area contributed by atoms with Crippen LogP contribution in [-0.2, 0) is 5.41 Å². The third-order valence-electron chi connectivity index (χ3n) is 15.6. The third-order valence-corrected chi connectivity index (χ3v) is 15.6. The van der Waals surface area contributed by atoms with E-state index in [1.165, 1.54) is 72.0 Å². The number of nitrogens with zero attached hydrogens (tertiary/aromatic N) is 2. The summed E-state index contributed by atoms with van der Waals surface area (Å²) in [6.07, 6.45) is 0. The molecular formula is C71H46N2O. The van der Waals surface area contributed by atoms with Crippen LogP contribution in [-0.4, -0.2) is 0 Å². The topological polar surface area (TPSA) is 19.6 Å². The first-order valence-electron chi connectivity index (χ1n) is 25.5. The van der Waals surface area contributed by atoms with Crippen LogP contribution in [0.2, 0.25) is 0 Å². The molecule has 1 heterocycles. The van der Waals surface area contributed by atoms with Gasteiger partial charge in [-0.2, -0.15) is 0 Å². The first kappa shape index (κ1) is 42.0. The molecule has 0 unspecified atom stereocenters. The Kier molecular flexibility index (Phi) is 9.48. The Morgan fingerprint density at radius 1 is 0.284 bits per heavy atom. The molecule has 12 aromatic carbocycles. The molecule has 2 aliphatic rings. The van der Waals surface area contributed by atoms with E-state index in [0.29, 0.717) is 0 Å². The lowest BCUT2D eigenvalue weighted by Gasteiger charge is -2.40. The molecule has 0 atom stereocenters. The maximum atomic E-state index is 7.10. The summed E-state index contributed by atoms with van der Waals surface area (Å²) in [6.45, 7) is 0. The smallest absolute Gasteiger partial charge is 0.143 e. The fraction of sp³-hybridized carbons (Fsp3) is 0.0141. The van der Waals surface area contributed by atoms with Gasteiger partial charge in [-0.3, -0.25) is 0 Å². The average Bonchev–Trinajstić information content (AvgIpc) is 4.07. The van der Waals surface area contributed by atoms with E-state index in [1.807, 2.05) is 0 Å². The van der Waals surface area contributed by atoms with Crippen LogP contribution in [0.1, 0.15) is 22.3 Å². The van der Waals surface area contributed by atoms with Crippen molar-refractivity contribution >= 4 is 66.8 Å². The predicted molar refractivity (Wildman–Crippen MR) is 308 cm³/mol. The van der Waals surface area contributed by atoms with Crippen LogP contribution in [0.5, 0.6) is 0 Å². The Morgan fingerprint density at radius 3 is 1.30 bits per heavy atom. The van der Waals surface area contributed by atoms with E-state index >= 15 is 0 Å². The van der Waals surface area contributed by atoms with Gasteiger partial charge in [0.15, 0.2) is 0 Å². The molecule has 346 valence electrons. The number of benzene rings is 12. The van der Waals surface area contributed by atoms with Crippen molar-refractivity contribution < 1.29 is 4.42 Å². The normalized spacial score (nSPS) is 12.7. The lowest BCUT2D eigenvalue weighted by Crippen LogP contribution is -2.32. The van der Waals surface area contributed by atoms with Crippen LogP contribution in [0.15, 0.2) is 283 Å². The Labute approximate surface area is 430 Å². The number of hydrogen-bond donors (Lipinski definition) is 0. The zero-order chi connectivity index (χ0) is 48.7. The summed E-state index contributed by atoms with van der Waals surface area (Å²) >= 11 is 0. The highest BCUT2D eigenvalue weighted by Gasteiger charge is 2.51. The summed E-state index contributed by atoms with van der Waals surface area (Å²) in [7, 11) is 0. The highest BCUT2D eigenvalue weighted by Crippen LogP contribution is 2.64. The molecule has 15 rings (SSSR count). The van der Waals surface area contributed by atoms with Crippen LogP contribution in [0, 0.1) is 0 Å². The van der Waals surface area contributed by atoms with Gasteiger partial charge in [0.2, 0.25) is 0 Å². The van der Waals surface area contributed by atoms with E-state index in [-0.39, 0.29) is 0 Å². The summed E-state index contributed by atoms with van der Waals surface area (Å²) in [5, 5.41) is 4.69. The van der Waals surface area contributed by atoms with Crippen molar-refractivity contribution in [2.24, 2.45) is 0 Å². The first-order chi connectivity index (χ1) is 36.7. The molecule has 0 bridgehead atoms. The highest BCUT2D eigenvalue weighted by molar-refractivity contribution is 6.17. The quantitative estimate of drug-likeness (QED) is 0.151. The Bertz CT molecular complexity index is 4100. The van der Waals surface area contributed by atoms with Crippen molar-refractivity contribution in [3.63, 3.8) is 0 Å². The molecule has 13 aromatic rings. The lowest BCUT2D eigenvalue weighted by atomic mass is 9.61. The molecule has 0 fully saturated rings. The minimum absolute atomic E-state index is 0.772. The van der Waals surface area contributed by atoms with Gasteiger partial charge in [0, 0.05) is 50.5 Å². The highest BCUT2D eigenvalue weighted by atomic mass is 16.3. The lowest BCUT2D eigenvalue weighted by molar-refractivity contribution is 0.667. The van der Waals surface area contributed by atoms with Gasteiger partial charge < -0.3 is 14.2 Å². The van der Waals surface area contributed by atoms with Crippen LogP contribution < -0.4 is 9.80 Å². The average molecular weight is 943 g/mol. The van der Waals surface area contributed by atoms with Gasteiger partial charge in [-0.1, -0.05) is 200 Å². The van der Waals surface area contributed by atoms with Crippen molar-refractivity contribution in [2.45, 2.75) is 5.41 Å². The van der Waals surface area contributed by atoms with Crippen molar-refractivity contribution in [1.29, 1.82) is 0 Å². The molecule has 3 nitrogen and oxygen atoms in total. The Balaban J connectivity index is 1.01. The van der Waals surface area contributed by atoms with Gasteiger partial charge in [-0.15, -0.1) is 0 Å². The second kappa shape index (κ2) is 16.7. The Morgan fingerprint density at radius 2 is 0.743 bits per heavy atom. The molecule has 0 N–H and O–H groups in total. The van der Waals surface area contributed by atoms with Crippen molar-refractivity contribution in [1.82, 2.24) is 0 Å². The molecule has 0 radical (unpaired) electrons. The van der Waals surface area contributed by atoms with Crippen LogP contribution in [0.25, 0.3) is 77.2 Å². The zero-order valence-corrected chi connectivity index (χ0v) is 40.4. The van der Waals surface area contributed by atoms with Crippen molar-refractivity contribution in [3.05, 3.63) is 301 Å². The number of fused-ring (bicyclic) bond motifs is 13. The van der Waals surface area contributed by atoms with Gasteiger partial charge in [-0.05, 0) is 151 Å². The van der Waals surface area contributed by atoms with E-state index in [4.69, 9.17) is 4.42 Å².